The zero-order valence-electron chi connectivity index (χ0n) is 13.6. The average molecular weight is 490 g/mol. The Morgan fingerprint density at radius 2 is 1.63 bits per heavy atom. The zero-order valence-corrected chi connectivity index (χ0v) is 18.1. The van der Waals surface area contributed by atoms with Gasteiger partial charge in [-0.05, 0) is 24.6 Å². The van der Waals surface area contributed by atoms with Crippen LogP contribution in [-0.2, 0) is 17.1 Å². The standard InChI is InChI=1S/C16H11Cl6N3O2/c1-2-27-11(26)7-6-9-4-3-5-10(8-9)12-23-13(15(17,18)19)25-14(24-12)16(20,21)22/h3-8H,2H2,1H3/b7-6+. The monoisotopic (exact) mass is 487 g/mol. The van der Waals surface area contributed by atoms with Crippen LogP contribution in [0.5, 0.6) is 0 Å². The number of carbonyl (C=O) groups is 1. The van der Waals surface area contributed by atoms with Gasteiger partial charge in [-0.15, -0.1) is 0 Å². The van der Waals surface area contributed by atoms with Gasteiger partial charge in [-0.3, -0.25) is 0 Å². The maximum absolute atomic E-state index is 11.5. The van der Waals surface area contributed by atoms with E-state index in [1.165, 1.54) is 6.08 Å². The number of halogens is 6. The summed E-state index contributed by atoms with van der Waals surface area (Å²) in [5, 5.41) is 0. The summed E-state index contributed by atoms with van der Waals surface area (Å²) in [6.07, 6.45) is 2.88. The van der Waals surface area contributed by atoms with Crippen LogP contribution in [0.25, 0.3) is 17.5 Å². The maximum Gasteiger partial charge on any atom is 0.330 e. The van der Waals surface area contributed by atoms with Crippen molar-refractivity contribution in [3.05, 3.63) is 47.6 Å². The van der Waals surface area contributed by atoms with E-state index in [0.29, 0.717) is 11.1 Å². The van der Waals surface area contributed by atoms with E-state index in [-0.39, 0.29) is 24.1 Å². The SMILES string of the molecule is CCOC(=O)/C=C/c1cccc(-c2nc(C(Cl)(Cl)Cl)nc(C(Cl)(Cl)Cl)n2)c1. The summed E-state index contributed by atoms with van der Waals surface area (Å²) in [5.41, 5.74) is 1.22. The fraction of sp³-hybridized carbons (Fsp3) is 0.250. The Balaban J connectivity index is 2.48. The lowest BCUT2D eigenvalue weighted by atomic mass is 10.1. The number of esters is 1. The van der Waals surface area contributed by atoms with Gasteiger partial charge in [0, 0.05) is 11.6 Å². The fourth-order valence-corrected chi connectivity index (χ4v) is 2.40. The second-order valence-electron chi connectivity index (χ2n) is 5.01. The zero-order chi connectivity index (χ0) is 20.2. The van der Waals surface area contributed by atoms with E-state index in [4.69, 9.17) is 74.3 Å². The molecule has 0 amide bonds. The summed E-state index contributed by atoms with van der Waals surface area (Å²) >= 11 is 35.2. The fourth-order valence-electron chi connectivity index (χ4n) is 1.89. The molecule has 0 spiro atoms. The van der Waals surface area contributed by atoms with Gasteiger partial charge >= 0.3 is 5.97 Å². The molecule has 0 aliphatic carbocycles. The predicted octanol–water partition coefficient (Wildman–Crippen LogP) is 5.77. The summed E-state index contributed by atoms with van der Waals surface area (Å²) in [7, 11) is 0. The highest BCUT2D eigenvalue weighted by atomic mass is 35.6. The van der Waals surface area contributed by atoms with E-state index in [9.17, 15) is 4.79 Å². The maximum atomic E-state index is 11.5. The molecule has 0 saturated carbocycles. The molecule has 0 radical (unpaired) electrons. The third-order valence-electron chi connectivity index (χ3n) is 2.99. The Labute approximate surface area is 185 Å². The van der Waals surface area contributed by atoms with E-state index in [1.807, 2.05) is 0 Å². The summed E-state index contributed by atoms with van der Waals surface area (Å²) in [6.45, 7) is 2.01. The van der Waals surface area contributed by atoms with Crippen molar-refractivity contribution in [2.45, 2.75) is 14.5 Å². The van der Waals surface area contributed by atoms with Gasteiger partial charge in [0.15, 0.2) is 17.5 Å². The topological polar surface area (TPSA) is 65.0 Å². The molecule has 2 rings (SSSR count). The van der Waals surface area contributed by atoms with Crippen LogP contribution < -0.4 is 0 Å². The highest BCUT2D eigenvalue weighted by Gasteiger charge is 2.34. The highest BCUT2D eigenvalue weighted by Crippen LogP contribution is 2.40. The highest BCUT2D eigenvalue weighted by molar-refractivity contribution is 6.67. The van der Waals surface area contributed by atoms with Gasteiger partial charge in [0.2, 0.25) is 7.59 Å². The molecule has 0 unspecified atom stereocenters. The quantitative estimate of drug-likeness (QED) is 0.310. The first kappa shape index (κ1) is 22.5. The van der Waals surface area contributed by atoms with Crippen LogP contribution in [0.15, 0.2) is 30.3 Å². The van der Waals surface area contributed by atoms with Crippen molar-refractivity contribution in [3.8, 4) is 11.4 Å². The Morgan fingerprint density at radius 1 is 1.04 bits per heavy atom. The summed E-state index contributed by atoms with van der Waals surface area (Å²) in [6, 6.07) is 6.91. The molecular weight excluding hydrogens is 479 g/mol. The van der Waals surface area contributed by atoms with E-state index in [0.717, 1.165) is 0 Å². The Kier molecular flexibility index (Phi) is 7.59. The number of hydrogen-bond acceptors (Lipinski definition) is 5. The minimum absolute atomic E-state index is 0.138. The van der Waals surface area contributed by atoms with Crippen LogP contribution in [0.3, 0.4) is 0 Å². The van der Waals surface area contributed by atoms with Gasteiger partial charge < -0.3 is 4.74 Å². The number of hydrogen-bond donors (Lipinski definition) is 0. The van der Waals surface area contributed by atoms with E-state index in [2.05, 4.69) is 15.0 Å². The van der Waals surface area contributed by atoms with Crippen molar-refractivity contribution in [1.29, 1.82) is 0 Å². The van der Waals surface area contributed by atoms with E-state index < -0.39 is 13.6 Å². The molecule has 0 atom stereocenters. The number of carbonyl (C=O) groups excluding carboxylic acids is 1. The lowest BCUT2D eigenvalue weighted by Crippen LogP contribution is -2.16. The number of nitrogens with zero attached hydrogens (tertiary/aromatic N) is 3. The molecule has 0 fully saturated rings. The van der Waals surface area contributed by atoms with Crippen LogP contribution in [0.1, 0.15) is 24.1 Å². The van der Waals surface area contributed by atoms with E-state index in [1.54, 1.807) is 37.3 Å². The van der Waals surface area contributed by atoms with Crippen LogP contribution in [0.2, 0.25) is 0 Å². The van der Waals surface area contributed by atoms with Crippen molar-refractivity contribution in [1.82, 2.24) is 15.0 Å². The minimum atomic E-state index is -1.94. The Bertz CT molecular complexity index is 830. The Hall–Kier alpha value is -0.820. The first-order valence-electron chi connectivity index (χ1n) is 7.36. The normalized spacial score (nSPS) is 12.4. The molecule has 0 aliphatic rings. The minimum Gasteiger partial charge on any atom is -0.463 e. The first-order chi connectivity index (χ1) is 12.5. The molecule has 0 N–H and O–H groups in total. The van der Waals surface area contributed by atoms with Gasteiger partial charge in [-0.1, -0.05) is 87.8 Å². The molecule has 27 heavy (non-hydrogen) atoms. The molecule has 5 nitrogen and oxygen atoms in total. The second kappa shape index (κ2) is 9.12. The van der Waals surface area contributed by atoms with Crippen molar-refractivity contribution in [2.75, 3.05) is 6.61 Å². The number of rotatable bonds is 4. The smallest absolute Gasteiger partial charge is 0.330 e. The lowest BCUT2D eigenvalue weighted by Gasteiger charge is -2.15. The van der Waals surface area contributed by atoms with Gasteiger partial charge in [0.25, 0.3) is 0 Å². The largest absolute Gasteiger partial charge is 0.463 e. The van der Waals surface area contributed by atoms with Crippen LogP contribution >= 0.6 is 69.6 Å². The van der Waals surface area contributed by atoms with Crippen molar-refractivity contribution in [3.63, 3.8) is 0 Å². The molecule has 1 aromatic carbocycles. The average Bonchev–Trinajstić information content (AvgIpc) is 2.58. The third kappa shape index (κ3) is 6.63. The molecule has 0 aliphatic heterocycles. The van der Waals surface area contributed by atoms with Gasteiger partial charge in [-0.2, -0.15) is 0 Å². The van der Waals surface area contributed by atoms with Crippen molar-refractivity contribution < 1.29 is 9.53 Å². The van der Waals surface area contributed by atoms with Crippen molar-refractivity contribution in [2.24, 2.45) is 0 Å². The third-order valence-corrected chi connectivity index (χ3v) is 4.00. The number of alkyl halides is 6. The Morgan fingerprint density at radius 3 is 2.15 bits per heavy atom. The molecule has 0 bridgehead atoms. The van der Waals surface area contributed by atoms with Crippen molar-refractivity contribution >= 4 is 81.7 Å². The van der Waals surface area contributed by atoms with Crippen LogP contribution in [-0.4, -0.2) is 27.5 Å². The molecule has 0 saturated heterocycles. The summed E-state index contributed by atoms with van der Waals surface area (Å²) in [5.74, 6) is -0.698. The predicted molar refractivity (Wildman–Crippen MR) is 109 cm³/mol. The number of ether oxygens (including phenoxy) is 1. The first-order valence-corrected chi connectivity index (χ1v) is 9.63. The van der Waals surface area contributed by atoms with Gasteiger partial charge in [0.1, 0.15) is 0 Å². The molecule has 11 heteroatoms. The van der Waals surface area contributed by atoms with Crippen LogP contribution in [0, 0.1) is 0 Å². The second-order valence-corrected chi connectivity index (χ2v) is 9.58. The molecular formula is C16H11Cl6N3O2. The molecule has 1 heterocycles. The van der Waals surface area contributed by atoms with Crippen LogP contribution in [0.4, 0.5) is 0 Å². The molecule has 2 aromatic rings. The van der Waals surface area contributed by atoms with Gasteiger partial charge in [0.05, 0.1) is 6.61 Å². The van der Waals surface area contributed by atoms with E-state index >= 15 is 0 Å². The molecule has 1 aromatic heterocycles. The van der Waals surface area contributed by atoms with Gasteiger partial charge in [-0.25, -0.2) is 19.7 Å². The lowest BCUT2D eigenvalue weighted by molar-refractivity contribution is -0.137. The molecule has 144 valence electrons. The number of aromatic nitrogens is 3. The number of benzene rings is 1. The summed E-state index contributed by atoms with van der Waals surface area (Å²) in [4.78, 5) is 23.7. The summed E-state index contributed by atoms with van der Waals surface area (Å²) < 4.78 is 0.957.